The van der Waals surface area contributed by atoms with Crippen LogP contribution in [0.2, 0.25) is 0 Å². The maximum Gasteiger partial charge on any atom is 0.397 e. The highest BCUT2D eigenvalue weighted by Crippen LogP contribution is 2.41. The topological polar surface area (TPSA) is 143 Å². The first-order valence-electron chi connectivity index (χ1n) is 9.64. The Morgan fingerprint density at radius 2 is 1.83 bits per heavy atom. The minimum Gasteiger partial charge on any atom is -0.496 e. The molecule has 1 aliphatic carbocycles. The van der Waals surface area contributed by atoms with Gasteiger partial charge in [0, 0.05) is 5.56 Å². The molecule has 29 heavy (non-hydrogen) atoms. The van der Waals surface area contributed by atoms with Crippen molar-refractivity contribution in [2.45, 2.75) is 75.1 Å². The van der Waals surface area contributed by atoms with E-state index >= 15 is 0 Å². The fourth-order valence-electron chi connectivity index (χ4n) is 4.23. The van der Waals surface area contributed by atoms with Gasteiger partial charge in [-0.3, -0.25) is 4.55 Å². The van der Waals surface area contributed by atoms with Gasteiger partial charge in [0.15, 0.2) is 0 Å². The zero-order valence-corrected chi connectivity index (χ0v) is 17.2. The van der Waals surface area contributed by atoms with Crippen LogP contribution >= 0.6 is 0 Å². The van der Waals surface area contributed by atoms with Crippen molar-refractivity contribution >= 4 is 10.4 Å². The van der Waals surface area contributed by atoms with Gasteiger partial charge >= 0.3 is 10.4 Å². The molecule has 0 spiro atoms. The van der Waals surface area contributed by atoms with E-state index in [4.69, 9.17) is 18.2 Å². The van der Waals surface area contributed by atoms with Crippen molar-refractivity contribution < 1.29 is 41.9 Å². The van der Waals surface area contributed by atoms with Crippen LogP contribution in [-0.2, 0) is 19.3 Å². The number of benzene rings is 1. The third-order valence-corrected chi connectivity index (χ3v) is 6.29. The highest BCUT2D eigenvalue weighted by atomic mass is 32.3. The summed E-state index contributed by atoms with van der Waals surface area (Å²) in [5.74, 6) is 0.474. The molecule has 1 heterocycles. The number of aliphatic hydroxyl groups is 3. The molecule has 2 fully saturated rings. The van der Waals surface area contributed by atoms with Gasteiger partial charge < -0.3 is 24.8 Å². The third-order valence-electron chi connectivity index (χ3n) is 5.77. The summed E-state index contributed by atoms with van der Waals surface area (Å²) in [6, 6.07) is 5.39. The van der Waals surface area contributed by atoms with E-state index in [1.807, 2.05) is 6.07 Å². The second kappa shape index (κ2) is 8.84. The second-order valence-electron chi connectivity index (χ2n) is 7.74. The lowest BCUT2D eigenvalue weighted by atomic mass is 9.81. The number of ether oxygens (including phenoxy) is 2. The summed E-state index contributed by atoms with van der Waals surface area (Å²) in [5, 5.41) is 30.3. The lowest BCUT2D eigenvalue weighted by molar-refractivity contribution is -0.219. The molecule has 1 saturated heterocycles. The molecule has 1 aromatic rings. The van der Waals surface area contributed by atoms with Gasteiger partial charge in [-0.25, -0.2) is 4.18 Å². The molecule has 2 aliphatic rings. The normalized spacial score (nSPS) is 36.0. The monoisotopic (exact) mass is 432 g/mol. The molecule has 0 amide bonds. The van der Waals surface area contributed by atoms with Gasteiger partial charge in [-0.2, -0.15) is 8.42 Å². The number of rotatable bonds is 5. The van der Waals surface area contributed by atoms with Crippen LogP contribution < -0.4 is 4.74 Å². The Morgan fingerprint density at radius 3 is 2.48 bits per heavy atom. The Hall–Kier alpha value is -1.27. The van der Waals surface area contributed by atoms with E-state index in [1.165, 1.54) is 7.11 Å². The molecular formula is C19H28O9S. The van der Waals surface area contributed by atoms with Crippen molar-refractivity contribution in [1.82, 2.24) is 0 Å². The van der Waals surface area contributed by atoms with Gasteiger partial charge in [0.1, 0.15) is 30.2 Å². The standard InChI is InChI=1S/C19H28O9S/c1-10-16(20)17(21)18(22)19(27-10)14-7-6-12(9-15(14)26-2)11-4-3-5-13(8-11)28-29(23,24)25/h6-7,9-11,13,16-22H,3-5,8H2,1-2H3,(H,23,24,25)/t10-,11?,13?,16+,17+,18-,19+/m0/s1. The molecule has 164 valence electrons. The van der Waals surface area contributed by atoms with Crippen LogP contribution in [0.4, 0.5) is 0 Å². The van der Waals surface area contributed by atoms with E-state index in [-0.39, 0.29) is 5.92 Å². The summed E-state index contributed by atoms with van der Waals surface area (Å²) in [6.07, 6.45) is -3.40. The molecule has 3 rings (SSSR count). The van der Waals surface area contributed by atoms with Gasteiger partial charge in [0.25, 0.3) is 0 Å². The Kier molecular flexibility index (Phi) is 6.84. The van der Waals surface area contributed by atoms with Crippen molar-refractivity contribution in [3.63, 3.8) is 0 Å². The molecule has 0 aromatic heterocycles. The highest BCUT2D eigenvalue weighted by Gasteiger charge is 2.43. The Balaban J connectivity index is 1.82. The lowest BCUT2D eigenvalue weighted by Crippen LogP contribution is -2.53. The largest absolute Gasteiger partial charge is 0.496 e. The average molecular weight is 432 g/mol. The van der Waals surface area contributed by atoms with E-state index in [9.17, 15) is 23.7 Å². The van der Waals surface area contributed by atoms with Crippen LogP contribution in [0.25, 0.3) is 0 Å². The predicted molar refractivity (Wildman–Crippen MR) is 102 cm³/mol. The van der Waals surface area contributed by atoms with E-state index in [0.29, 0.717) is 24.2 Å². The van der Waals surface area contributed by atoms with E-state index in [0.717, 1.165) is 18.4 Å². The molecule has 7 atom stereocenters. The summed E-state index contributed by atoms with van der Waals surface area (Å²) in [6.45, 7) is 1.62. The zero-order valence-electron chi connectivity index (χ0n) is 16.3. The quantitative estimate of drug-likeness (QED) is 0.503. The molecule has 10 heteroatoms. The molecule has 0 bridgehead atoms. The predicted octanol–water partition coefficient (Wildman–Crippen LogP) is 1.08. The molecular weight excluding hydrogens is 404 g/mol. The lowest BCUT2D eigenvalue weighted by Gasteiger charge is -2.40. The summed E-state index contributed by atoms with van der Waals surface area (Å²) in [4.78, 5) is 0. The molecule has 1 aromatic carbocycles. The first-order chi connectivity index (χ1) is 13.6. The van der Waals surface area contributed by atoms with Crippen LogP contribution in [-0.4, -0.2) is 65.9 Å². The summed E-state index contributed by atoms with van der Waals surface area (Å²) >= 11 is 0. The van der Waals surface area contributed by atoms with Crippen LogP contribution in [0.3, 0.4) is 0 Å². The van der Waals surface area contributed by atoms with Gasteiger partial charge in [0.05, 0.1) is 19.3 Å². The van der Waals surface area contributed by atoms with Gasteiger partial charge in [0.2, 0.25) is 0 Å². The fourth-order valence-corrected chi connectivity index (χ4v) is 4.75. The van der Waals surface area contributed by atoms with Crippen molar-refractivity contribution in [1.29, 1.82) is 0 Å². The number of hydrogen-bond acceptors (Lipinski definition) is 8. The minimum absolute atomic E-state index is 0.0157. The van der Waals surface area contributed by atoms with E-state index in [2.05, 4.69) is 0 Å². The molecule has 1 saturated carbocycles. The maximum atomic E-state index is 11.0. The summed E-state index contributed by atoms with van der Waals surface area (Å²) < 4.78 is 46.9. The Morgan fingerprint density at radius 1 is 1.10 bits per heavy atom. The maximum absolute atomic E-state index is 11.0. The number of aliphatic hydroxyl groups excluding tert-OH is 3. The van der Waals surface area contributed by atoms with E-state index < -0.39 is 47.0 Å². The molecule has 2 unspecified atom stereocenters. The Labute approximate surface area is 170 Å². The second-order valence-corrected chi connectivity index (χ2v) is 8.79. The van der Waals surface area contributed by atoms with Crippen molar-refractivity contribution in [2.75, 3.05) is 7.11 Å². The molecule has 9 nitrogen and oxygen atoms in total. The highest BCUT2D eigenvalue weighted by molar-refractivity contribution is 7.80. The Bertz CT molecular complexity index is 812. The van der Waals surface area contributed by atoms with E-state index in [1.54, 1.807) is 19.1 Å². The van der Waals surface area contributed by atoms with Gasteiger partial charge in [-0.15, -0.1) is 0 Å². The summed E-state index contributed by atoms with van der Waals surface area (Å²) in [7, 11) is -3.01. The average Bonchev–Trinajstić information content (AvgIpc) is 2.67. The van der Waals surface area contributed by atoms with Crippen molar-refractivity contribution in [3.05, 3.63) is 29.3 Å². The first kappa shape index (κ1) is 22.4. The number of hydrogen-bond donors (Lipinski definition) is 4. The third kappa shape index (κ3) is 5.08. The van der Waals surface area contributed by atoms with Crippen LogP contribution in [0, 0.1) is 0 Å². The van der Waals surface area contributed by atoms with Crippen molar-refractivity contribution in [3.8, 4) is 5.75 Å². The van der Waals surface area contributed by atoms with Crippen LogP contribution in [0.5, 0.6) is 5.75 Å². The smallest absolute Gasteiger partial charge is 0.397 e. The van der Waals surface area contributed by atoms with Crippen molar-refractivity contribution in [2.24, 2.45) is 0 Å². The van der Waals surface area contributed by atoms with Crippen LogP contribution in [0.1, 0.15) is 55.8 Å². The van der Waals surface area contributed by atoms with Gasteiger partial charge in [-0.05, 0) is 43.7 Å². The molecule has 4 N–H and O–H groups in total. The molecule has 1 aliphatic heterocycles. The minimum atomic E-state index is -4.50. The first-order valence-corrected chi connectivity index (χ1v) is 11.0. The fraction of sp³-hybridized carbons (Fsp3) is 0.684. The number of methoxy groups -OCH3 is 1. The van der Waals surface area contributed by atoms with Crippen LogP contribution in [0.15, 0.2) is 18.2 Å². The SMILES string of the molecule is COc1cc(C2CCCC(OS(=O)(=O)O)C2)ccc1[C@H]1O[C@@H](C)[C@@H](O)[C@@H](O)[C@@H]1O. The van der Waals surface area contributed by atoms with Gasteiger partial charge in [-0.1, -0.05) is 18.6 Å². The summed E-state index contributed by atoms with van der Waals surface area (Å²) in [5.41, 5.74) is 1.45. The molecule has 0 radical (unpaired) electrons. The zero-order chi connectivity index (χ0) is 21.3.